The topological polar surface area (TPSA) is 73.6 Å². The van der Waals surface area contributed by atoms with Crippen molar-refractivity contribution in [1.82, 2.24) is 5.32 Å². The van der Waals surface area contributed by atoms with E-state index in [0.717, 1.165) is 24.3 Å². The van der Waals surface area contributed by atoms with Gasteiger partial charge >= 0.3 is 0 Å². The maximum atomic E-state index is 11.7. The van der Waals surface area contributed by atoms with Crippen molar-refractivity contribution in [3.05, 3.63) is 24.3 Å². The minimum Gasteiger partial charge on any atom is -0.486 e. The highest BCUT2D eigenvalue weighted by Crippen LogP contribution is 2.33. The van der Waals surface area contributed by atoms with Gasteiger partial charge in [0.25, 0.3) is 0 Å². The van der Waals surface area contributed by atoms with E-state index in [9.17, 15) is 4.79 Å². The zero-order valence-corrected chi connectivity index (χ0v) is 11.2. The number of nitrogens with one attached hydrogen (secondary N) is 1. The number of amides is 1. The smallest absolute Gasteiger partial charge is 0.240 e. The normalized spacial score (nSPS) is 22.1. The highest BCUT2D eigenvalue weighted by molar-refractivity contribution is 5.88. The SMILES string of the molecule is Cl.NC1(C(=O)NCC2COc3ccccc3O2)CC1. The van der Waals surface area contributed by atoms with Gasteiger partial charge in [0, 0.05) is 0 Å². The summed E-state index contributed by atoms with van der Waals surface area (Å²) in [6.45, 7) is 0.862. The number of benzene rings is 1. The van der Waals surface area contributed by atoms with Crippen LogP contribution in [0.1, 0.15) is 12.8 Å². The molecule has 1 aromatic carbocycles. The Morgan fingerprint density at radius 1 is 1.37 bits per heavy atom. The number of rotatable bonds is 3. The Morgan fingerprint density at radius 2 is 2.05 bits per heavy atom. The molecule has 0 radical (unpaired) electrons. The lowest BCUT2D eigenvalue weighted by Crippen LogP contribution is -2.48. The first-order valence-electron chi connectivity index (χ1n) is 6.13. The maximum absolute atomic E-state index is 11.7. The molecule has 0 saturated heterocycles. The van der Waals surface area contributed by atoms with Gasteiger partial charge in [-0.1, -0.05) is 12.1 Å². The van der Waals surface area contributed by atoms with Gasteiger partial charge in [-0.25, -0.2) is 0 Å². The molecule has 0 aromatic heterocycles. The molecule has 1 unspecified atom stereocenters. The second-order valence-electron chi connectivity index (χ2n) is 4.86. The van der Waals surface area contributed by atoms with Crippen molar-refractivity contribution in [2.75, 3.05) is 13.2 Å². The quantitative estimate of drug-likeness (QED) is 0.863. The number of ether oxygens (including phenoxy) is 2. The van der Waals surface area contributed by atoms with Gasteiger partial charge in [0.15, 0.2) is 11.5 Å². The standard InChI is InChI=1S/C13H16N2O3.ClH/c14-13(5-6-13)12(16)15-7-9-8-17-10-3-1-2-4-11(10)18-9;/h1-4,9H,5-8,14H2,(H,15,16);1H. The van der Waals surface area contributed by atoms with Gasteiger partial charge in [0.1, 0.15) is 12.7 Å². The summed E-state index contributed by atoms with van der Waals surface area (Å²) in [4.78, 5) is 11.7. The lowest BCUT2D eigenvalue weighted by atomic mass is 10.2. The summed E-state index contributed by atoms with van der Waals surface area (Å²) in [7, 11) is 0. The molecule has 1 fully saturated rings. The number of hydrogen-bond donors (Lipinski definition) is 2. The van der Waals surface area contributed by atoms with E-state index in [-0.39, 0.29) is 24.4 Å². The maximum Gasteiger partial charge on any atom is 0.240 e. The molecule has 0 bridgehead atoms. The summed E-state index contributed by atoms with van der Waals surface area (Å²) in [6, 6.07) is 7.51. The summed E-state index contributed by atoms with van der Waals surface area (Å²) in [5, 5.41) is 2.82. The number of halogens is 1. The molecule has 1 heterocycles. The Labute approximate surface area is 117 Å². The van der Waals surface area contributed by atoms with E-state index >= 15 is 0 Å². The van der Waals surface area contributed by atoms with Crippen molar-refractivity contribution in [3.63, 3.8) is 0 Å². The van der Waals surface area contributed by atoms with Gasteiger partial charge in [-0.3, -0.25) is 4.79 Å². The molecule has 1 atom stereocenters. The van der Waals surface area contributed by atoms with Gasteiger partial charge in [-0.15, -0.1) is 12.4 Å². The summed E-state index contributed by atoms with van der Waals surface area (Å²) in [5.74, 6) is 1.37. The third-order valence-corrected chi connectivity index (χ3v) is 3.30. The van der Waals surface area contributed by atoms with Crippen LogP contribution in [0.2, 0.25) is 0 Å². The Morgan fingerprint density at radius 3 is 2.74 bits per heavy atom. The Bertz CT molecular complexity index is 477. The largest absolute Gasteiger partial charge is 0.486 e. The number of nitrogens with two attached hydrogens (primary N) is 1. The molecule has 2 aliphatic rings. The van der Waals surface area contributed by atoms with Crippen molar-refractivity contribution in [1.29, 1.82) is 0 Å². The first-order chi connectivity index (χ1) is 8.67. The highest BCUT2D eigenvalue weighted by atomic mass is 35.5. The van der Waals surface area contributed by atoms with Gasteiger partial charge in [0.05, 0.1) is 12.1 Å². The molecule has 1 amide bonds. The predicted octanol–water partition coefficient (Wildman–Crippen LogP) is 0.856. The number of fused-ring (bicyclic) bond motifs is 1. The zero-order valence-electron chi connectivity index (χ0n) is 10.4. The monoisotopic (exact) mass is 284 g/mol. The molecular formula is C13H17ClN2O3. The van der Waals surface area contributed by atoms with Crippen molar-refractivity contribution >= 4 is 18.3 Å². The molecule has 1 saturated carbocycles. The van der Waals surface area contributed by atoms with E-state index in [0.29, 0.717) is 13.2 Å². The van der Waals surface area contributed by atoms with Crippen LogP contribution < -0.4 is 20.5 Å². The van der Waals surface area contributed by atoms with Crippen molar-refractivity contribution in [2.45, 2.75) is 24.5 Å². The molecule has 19 heavy (non-hydrogen) atoms. The summed E-state index contributed by atoms with van der Waals surface area (Å²) in [6.07, 6.45) is 1.37. The van der Waals surface area contributed by atoms with Crippen molar-refractivity contribution in [2.24, 2.45) is 5.73 Å². The summed E-state index contributed by atoms with van der Waals surface area (Å²) >= 11 is 0. The molecule has 0 spiro atoms. The first-order valence-corrected chi connectivity index (χ1v) is 6.13. The molecule has 3 rings (SSSR count). The van der Waals surface area contributed by atoms with Crippen LogP contribution in [0.15, 0.2) is 24.3 Å². The van der Waals surface area contributed by atoms with Crippen molar-refractivity contribution in [3.8, 4) is 11.5 Å². The van der Waals surface area contributed by atoms with Gasteiger partial charge in [-0.2, -0.15) is 0 Å². The second-order valence-corrected chi connectivity index (χ2v) is 4.86. The lowest BCUT2D eigenvalue weighted by Gasteiger charge is -2.26. The molecule has 104 valence electrons. The number of carbonyl (C=O) groups is 1. The van der Waals surface area contributed by atoms with E-state index in [4.69, 9.17) is 15.2 Å². The van der Waals surface area contributed by atoms with E-state index in [1.807, 2.05) is 24.3 Å². The van der Waals surface area contributed by atoms with Crippen LogP contribution in [0, 0.1) is 0 Å². The fourth-order valence-electron chi connectivity index (χ4n) is 1.91. The molecule has 6 heteroatoms. The summed E-state index contributed by atoms with van der Waals surface area (Å²) in [5.41, 5.74) is 5.17. The average molecular weight is 285 g/mol. The number of hydrogen-bond acceptors (Lipinski definition) is 4. The van der Waals surface area contributed by atoms with E-state index in [1.165, 1.54) is 0 Å². The van der Waals surface area contributed by atoms with Gasteiger partial charge in [-0.05, 0) is 25.0 Å². The van der Waals surface area contributed by atoms with E-state index in [2.05, 4.69) is 5.32 Å². The molecule has 1 aromatic rings. The van der Waals surface area contributed by atoms with E-state index < -0.39 is 5.54 Å². The zero-order chi connectivity index (χ0) is 12.6. The van der Waals surface area contributed by atoms with Crippen LogP contribution in [0.5, 0.6) is 11.5 Å². The van der Waals surface area contributed by atoms with Crippen LogP contribution in [-0.4, -0.2) is 30.7 Å². The van der Waals surface area contributed by atoms with Gasteiger partial charge < -0.3 is 20.5 Å². The van der Waals surface area contributed by atoms with Crippen LogP contribution in [0.4, 0.5) is 0 Å². The van der Waals surface area contributed by atoms with Gasteiger partial charge in [0.2, 0.25) is 5.91 Å². The highest BCUT2D eigenvalue weighted by Gasteiger charge is 2.45. The third kappa shape index (κ3) is 2.93. The minimum absolute atomic E-state index is 0. The molecular weight excluding hydrogens is 268 g/mol. The molecule has 5 nitrogen and oxygen atoms in total. The number of para-hydroxylation sites is 2. The predicted molar refractivity (Wildman–Crippen MR) is 72.8 cm³/mol. The average Bonchev–Trinajstić information content (AvgIpc) is 3.15. The minimum atomic E-state index is -0.632. The van der Waals surface area contributed by atoms with Crippen molar-refractivity contribution < 1.29 is 14.3 Å². The first kappa shape index (κ1) is 14.0. The van der Waals surface area contributed by atoms with Crippen LogP contribution >= 0.6 is 12.4 Å². The molecule has 1 aliphatic heterocycles. The van der Waals surface area contributed by atoms with Crippen LogP contribution in [0.3, 0.4) is 0 Å². The lowest BCUT2D eigenvalue weighted by molar-refractivity contribution is -0.123. The fraction of sp³-hybridized carbons (Fsp3) is 0.462. The third-order valence-electron chi connectivity index (χ3n) is 3.30. The second kappa shape index (κ2) is 5.27. The molecule has 1 aliphatic carbocycles. The van der Waals surface area contributed by atoms with Crippen LogP contribution in [-0.2, 0) is 4.79 Å². The summed E-state index contributed by atoms with van der Waals surface area (Å²) < 4.78 is 11.3. The Kier molecular flexibility index (Phi) is 3.87. The van der Waals surface area contributed by atoms with E-state index in [1.54, 1.807) is 0 Å². The Hall–Kier alpha value is -1.46. The Balaban J connectivity index is 0.00000133. The van der Waals surface area contributed by atoms with Crippen LogP contribution in [0.25, 0.3) is 0 Å². The molecule has 3 N–H and O–H groups in total. The number of carbonyl (C=O) groups excluding carboxylic acids is 1. The fourth-order valence-corrected chi connectivity index (χ4v) is 1.91.